The minimum absolute atomic E-state index is 0.0375. The minimum Gasteiger partial charge on any atom is -0.345 e. The molecule has 1 amide bonds. The first-order valence-electron chi connectivity index (χ1n) is 10.0. The summed E-state index contributed by atoms with van der Waals surface area (Å²) in [4.78, 5) is 17.6. The maximum Gasteiger partial charge on any atom is 0.230 e. The second kappa shape index (κ2) is 6.92. The maximum absolute atomic E-state index is 13.1. The Morgan fingerprint density at radius 3 is 2.69 bits per heavy atom. The van der Waals surface area contributed by atoms with Gasteiger partial charge in [-0.1, -0.05) is 31.2 Å². The summed E-state index contributed by atoms with van der Waals surface area (Å²) in [5.41, 5.74) is 3.98. The lowest BCUT2D eigenvalue weighted by molar-refractivity contribution is -0.134. The summed E-state index contributed by atoms with van der Waals surface area (Å²) in [6.45, 7) is 10.8. The zero-order valence-electron chi connectivity index (χ0n) is 16.1. The normalized spacial score (nSPS) is 22.2. The Hall–Kier alpha value is -2.07. The monoisotopic (exact) mass is 351 g/mol. The number of rotatable bonds is 5. The van der Waals surface area contributed by atoms with E-state index >= 15 is 0 Å². The van der Waals surface area contributed by atoms with Crippen LogP contribution < -0.4 is 0 Å². The lowest BCUT2D eigenvalue weighted by Crippen LogP contribution is -2.50. The number of para-hydroxylation sites is 1. The van der Waals surface area contributed by atoms with Gasteiger partial charge in [0.1, 0.15) is 0 Å². The molecular weight excluding hydrogens is 322 g/mol. The zero-order chi connectivity index (χ0) is 18.3. The Bertz CT molecular complexity index is 846. The Balaban J connectivity index is 1.80. The van der Waals surface area contributed by atoms with Gasteiger partial charge in [-0.05, 0) is 38.5 Å². The number of aromatic nitrogens is 1. The van der Waals surface area contributed by atoms with Gasteiger partial charge in [0, 0.05) is 43.3 Å². The number of nitrogens with zero attached hydrogens (tertiary/aromatic N) is 3. The maximum atomic E-state index is 13.1. The third-order valence-corrected chi connectivity index (χ3v) is 5.98. The van der Waals surface area contributed by atoms with E-state index in [-0.39, 0.29) is 11.8 Å². The Morgan fingerprint density at radius 1 is 1.15 bits per heavy atom. The Labute approximate surface area is 156 Å². The predicted octanol–water partition coefficient (Wildman–Crippen LogP) is 3.62. The van der Waals surface area contributed by atoms with Gasteiger partial charge in [0.2, 0.25) is 5.91 Å². The van der Waals surface area contributed by atoms with Gasteiger partial charge in [-0.2, -0.15) is 0 Å². The van der Waals surface area contributed by atoms with Crippen molar-refractivity contribution in [1.29, 1.82) is 0 Å². The molecule has 1 aromatic carbocycles. The van der Waals surface area contributed by atoms with Gasteiger partial charge in [-0.25, -0.2) is 0 Å². The molecule has 4 heteroatoms. The molecule has 0 spiro atoms. The van der Waals surface area contributed by atoms with Gasteiger partial charge in [-0.3, -0.25) is 9.69 Å². The first-order chi connectivity index (χ1) is 12.7. The van der Waals surface area contributed by atoms with E-state index in [0.29, 0.717) is 6.04 Å². The van der Waals surface area contributed by atoms with Crippen LogP contribution in [0.4, 0.5) is 0 Å². The predicted molar refractivity (Wildman–Crippen MR) is 107 cm³/mol. The van der Waals surface area contributed by atoms with E-state index in [1.54, 1.807) is 0 Å². The van der Waals surface area contributed by atoms with Crippen molar-refractivity contribution in [2.45, 2.75) is 39.8 Å². The molecule has 2 aliphatic rings. The third-order valence-electron chi connectivity index (χ3n) is 5.98. The van der Waals surface area contributed by atoms with Gasteiger partial charge in [0.05, 0.1) is 17.5 Å². The minimum atomic E-state index is -0.0375. The average Bonchev–Trinajstić information content (AvgIpc) is 3.08. The van der Waals surface area contributed by atoms with E-state index < -0.39 is 0 Å². The summed E-state index contributed by atoms with van der Waals surface area (Å²) in [6.07, 6.45) is 5.60. The van der Waals surface area contributed by atoms with Crippen molar-refractivity contribution in [3.63, 3.8) is 0 Å². The Morgan fingerprint density at radius 2 is 1.96 bits per heavy atom. The van der Waals surface area contributed by atoms with E-state index in [1.165, 1.54) is 22.0 Å². The molecule has 0 radical (unpaired) electrons. The molecule has 4 rings (SSSR count). The highest BCUT2D eigenvalue weighted by Gasteiger charge is 2.37. The summed E-state index contributed by atoms with van der Waals surface area (Å²) in [6, 6.07) is 9.14. The van der Waals surface area contributed by atoms with E-state index in [4.69, 9.17) is 0 Å². The topological polar surface area (TPSA) is 28.5 Å². The quantitative estimate of drug-likeness (QED) is 0.823. The highest BCUT2D eigenvalue weighted by molar-refractivity contribution is 5.96. The van der Waals surface area contributed by atoms with Crippen molar-refractivity contribution in [3.8, 4) is 0 Å². The van der Waals surface area contributed by atoms with Crippen LogP contribution in [0.2, 0.25) is 0 Å². The molecule has 0 aliphatic carbocycles. The SMILES string of the molecule is CCCN1CC(C(=O)N(CC)CC)C=C2c3cccc4ccn(c34)CC21. The van der Waals surface area contributed by atoms with Gasteiger partial charge >= 0.3 is 0 Å². The fourth-order valence-electron chi connectivity index (χ4n) is 4.73. The van der Waals surface area contributed by atoms with Crippen molar-refractivity contribution in [2.75, 3.05) is 26.2 Å². The molecule has 0 saturated carbocycles. The molecule has 2 unspecified atom stereocenters. The van der Waals surface area contributed by atoms with Crippen molar-refractivity contribution < 1.29 is 4.79 Å². The van der Waals surface area contributed by atoms with Gasteiger partial charge in [0.15, 0.2) is 0 Å². The first-order valence-corrected chi connectivity index (χ1v) is 10.0. The molecule has 0 saturated heterocycles. The summed E-state index contributed by atoms with van der Waals surface area (Å²) in [5, 5.41) is 1.29. The van der Waals surface area contributed by atoms with Gasteiger partial charge in [-0.15, -0.1) is 0 Å². The highest BCUT2D eigenvalue weighted by atomic mass is 16.2. The molecule has 2 atom stereocenters. The van der Waals surface area contributed by atoms with Crippen molar-refractivity contribution in [3.05, 3.63) is 42.1 Å². The van der Waals surface area contributed by atoms with Crippen LogP contribution in [-0.2, 0) is 11.3 Å². The molecule has 0 fully saturated rings. The Kier molecular flexibility index (Phi) is 4.62. The number of hydrogen-bond acceptors (Lipinski definition) is 2. The number of hydrogen-bond donors (Lipinski definition) is 0. The number of fused-ring (bicyclic) bond motifs is 2. The van der Waals surface area contributed by atoms with E-state index in [1.807, 2.05) is 4.90 Å². The smallest absolute Gasteiger partial charge is 0.230 e. The molecular formula is C22H29N3O. The summed E-state index contributed by atoms with van der Waals surface area (Å²) in [7, 11) is 0. The summed E-state index contributed by atoms with van der Waals surface area (Å²) < 4.78 is 2.39. The molecule has 26 heavy (non-hydrogen) atoms. The van der Waals surface area contributed by atoms with Crippen LogP contribution in [0.15, 0.2) is 36.5 Å². The van der Waals surface area contributed by atoms with Crippen molar-refractivity contribution in [1.82, 2.24) is 14.4 Å². The second-order valence-corrected chi connectivity index (χ2v) is 7.46. The van der Waals surface area contributed by atoms with Gasteiger partial charge in [0.25, 0.3) is 0 Å². The average molecular weight is 351 g/mol. The standard InChI is InChI=1S/C22H29N3O/c1-4-11-24-14-17(22(26)23(5-2)6-3)13-19-18-9-7-8-16-10-12-25(21(16)18)15-20(19)24/h7-10,12-13,17,20H,4-6,11,14-15H2,1-3H3. The molecule has 0 bridgehead atoms. The van der Waals surface area contributed by atoms with Gasteiger partial charge < -0.3 is 9.47 Å². The fourth-order valence-corrected chi connectivity index (χ4v) is 4.73. The molecule has 1 aromatic heterocycles. The van der Waals surface area contributed by atoms with Crippen molar-refractivity contribution in [2.24, 2.45) is 5.92 Å². The molecule has 2 aromatic rings. The highest BCUT2D eigenvalue weighted by Crippen LogP contribution is 2.39. The number of benzene rings is 1. The summed E-state index contributed by atoms with van der Waals surface area (Å²) >= 11 is 0. The van der Waals surface area contributed by atoms with E-state index in [0.717, 1.165) is 39.1 Å². The van der Waals surface area contributed by atoms with Crippen LogP contribution >= 0.6 is 0 Å². The molecule has 0 N–H and O–H groups in total. The fraction of sp³-hybridized carbons (Fsp3) is 0.500. The zero-order valence-corrected chi connectivity index (χ0v) is 16.1. The largest absolute Gasteiger partial charge is 0.345 e. The van der Waals surface area contributed by atoms with Crippen LogP contribution in [0.3, 0.4) is 0 Å². The number of carbonyl (C=O) groups is 1. The number of carbonyl (C=O) groups excluding carboxylic acids is 1. The number of amides is 1. The van der Waals surface area contributed by atoms with Crippen LogP contribution in [0.5, 0.6) is 0 Å². The van der Waals surface area contributed by atoms with Crippen LogP contribution in [-0.4, -0.2) is 52.5 Å². The van der Waals surface area contributed by atoms with Crippen LogP contribution in [0.25, 0.3) is 16.5 Å². The van der Waals surface area contributed by atoms with Crippen molar-refractivity contribution >= 4 is 22.4 Å². The molecule has 2 aliphatic heterocycles. The van der Waals surface area contributed by atoms with E-state index in [2.05, 4.69) is 66.8 Å². The molecule has 4 nitrogen and oxygen atoms in total. The van der Waals surface area contributed by atoms with E-state index in [9.17, 15) is 4.79 Å². The lowest BCUT2D eigenvalue weighted by Gasteiger charge is -2.42. The van der Waals surface area contributed by atoms with Crippen LogP contribution in [0.1, 0.15) is 32.8 Å². The third kappa shape index (κ3) is 2.67. The molecule has 3 heterocycles. The first kappa shape index (κ1) is 17.3. The lowest BCUT2D eigenvalue weighted by atomic mass is 9.85. The van der Waals surface area contributed by atoms with Crippen LogP contribution in [0, 0.1) is 5.92 Å². The second-order valence-electron chi connectivity index (χ2n) is 7.46. The molecule has 138 valence electrons. The summed E-state index contributed by atoms with van der Waals surface area (Å²) in [5.74, 6) is 0.236.